The fraction of sp³-hybridized carbons (Fsp3) is 0. The van der Waals surface area contributed by atoms with E-state index in [-0.39, 0.29) is 17.3 Å². The van der Waals surface area contributed by atoms with Gasteiger partial charge in [-0.15, -0.1) is 11.3 Å². The van der Waals surface area contributed by atoms with Crippen LogP contribution in [-0.4, -0.2) is 11.0 Å². The molecule has 2 rings (SSSR count). The van der Waals surface area contributed by atoms with E-state index in [2.05, 4.69) is 27.9 Å². The number of phenolic OH excluding ortho intramolecular Hbond substituents is 1. The Hall–Kier alpha value is -1.15. The molecule has 0 spiro atoms. The summed E-state index contributed by atoms with van der Waals surface area (Å²) in [6, 6.07) is 5.31. The van der Waals surface area contributed by atoms with Crippen molar-refractivity contribution in [1.82, 2.24) is 0 Å². The number of amides is 1. The normalized spacial score (nSPS) is 10.2. The summed E-state index contributed by atoms with van der Waals surface area (Å²) in [6.07, 6.45) is 0. The summed E-state index contributed by atoms with van der Waals surface area (Å²) in [5.74, 6) is -1.21. The molecule has 0 bridgehead atoms. The van der Waals surface area contributed by atoms with E-state index >= 15 is 0 Å². The summed E-state index contributed by atoms with van der Waals surface area (Å²) in [5.41, 5.74) is 0.542. The smallest absolute Gasteiger partial charge is 0.256 e. The molecular weight excluding hydrogens is 356 g/mol. The molecule has 17 heavy (non-hydrogen) atoms. The number of nitrogens with one attached hydrogen (secondary N) is 1. The minimum absolute atomic E-state index is 0.0500. The largest absolute Gasteiger partial charge is 0.508 e. The van der Waals surface area contributed by atoms with Gasteiger partial charge in [-0.1, -0.05) is 0 Å². The zero-order valence-corrected chi connectivity index (χ0v) is 11.4. The zero-order chi connectivity index (χ0) is 12.4. The molecule has 2 aromatic rings. The van der Waals surface area contributed by atoms with E-state index in [9.17, 15) is 9.18 Å². The van der Waals surface area contributed by atoms with Crippen LogP contribution >= 0.6 is 33.9 Å². The summed E-state index contributed by atoms with van der Waals surface area (Å²) >= 11 is 3.55. The van der Waals surface area contributed by atoms with Crippen LogP contribution in [0.4, 0.5) is 10.1 Å². The molecule has 6 heteroatoms. The predicted octanol–water partition coefficient (Wildman–Crippen LogP) is 3.45. The van der Waals surface area contributed by atoms with Crippen molar-refractivity contribution in [2.75, 3.05) is 5.32 Å². The van der Waals surface area contributed by atoms with Crippen molar-refractivity contribution in [2.45, 2.75) is 0 Å². The lowest BCUT2D eigenvalue weighted by molar-refractivity contribution is 0.102. The summed E-state index contributed by atoms with van der Waals surface area (Å²) in [6.45, 7) is 0. The maximum absolute atomic E-state index is 13.4. The molecule has 0 fully saturated rings. The monoisotopic (exact) mass is 363 g/mol. The van der Waals surface area contributed by atoms with Gasteiger partial charge in [0.25, 0.3) is 5.91 Å². The van der Waals surface area contributed by atoms with Crippen molar-refractivity contribution in [3.63, 3.8) is 0 Å². The molecule has 1 heterocycles. The molecule has 3 nitrogen and oxygen atoms in total. The summed E-state index contributed by atoms with van der Waals surface area (Å²) in [7, 11) is 0. The van der Waals surface area contributed by atoms with Gasteiger partial charge >= 0.3 is 0 Å². The summed E-state index contributed by atoms with van der Waals surface area (Å²) in [4.78, 5) is 11.7. The number of halogens is 2. The van der Waals surface area contributed by atoms with Gasteiger partial charge in [-0.05, 0) is 40.8 Å². The number of benzene rings is 1. The minimum Gasteiger partial charge on any atom is -0.508 e. The van der Waals surface area contributed by atoms with E-state index in [0.29, 0.717) is 5.56 Å². The Morgan fingerprint density at radius 3 is 2.76 bits per heavy atom. The van der Waals surface area contributed by atoms with Crippen LogP contribution in [0.25, 0.3) is 0 Å². The van der Waals surface area contributed by atoms with Crippen LogP contribution in [0.2, 0.25) is 0 Å². The molecule has 0 aliphatic carbocycles. The Morgan fingerprint density at radius 2 is 2.18 bits per heavy atom. The van der Waals surface area contributed by atoms with Crippen LogP contribution < -0.4 is 5.32 Å². The Balaban J connectivity index is 2.18. The first-order valence-corrected chi connectivity index (χ1v) is 6.56. The number of phenols is 1. The quantitative estimate of drug-likeness (QED) is 0.634. The average molecular weight is 363 g/mol. The number of rotatable bonds is 2. The van der Waals surface area contributed by atoms with E-state index < -0.39 is 5.82 Å². The van der Waals surface area contributed by atoms with Gasteiger partial charge in [0.1, 0.15) is 11.6 Å². The van der Waals surface area contributed by atoms with Crippen molar-refractivity contribution in [3.8, 4) is 5.75 Å². The number of aromatic hydroxyl groups is 1. The summed E-state index contributed by atoms with van der Waals surface area (Å²) < 4.78 is 14.3. The van der Waals surface area contributed by atoms with E-state index in [1.807, 2.05) is 0 Å². The minimum atomic E-state index is -0.664. The first-order valence-electron chi connectivity index (χ1n) is 4.60. The van der Waals surface area contributed by atoms with Gasteiger partial charge in [0.15, 0.2) is 0 Å². The second-order valence-corrected chi connectivity index (χ2v) is 6.06. The third kappa shape index (κ3) is 2.95. The molecule has 0 aliphatic heterocycles. The number of carbonyl (C=O) groups is 1. The van der Waals surface area contributed by atoms with Gasteiger partial charge < -0.3 is 10.4 Å². The number of carbonyl (C=O) groups excluding carboxylic acids is 1. The van der Waals surface area contributed by atoms with Crippen LogP contribution in [0.1, 0.15) is 10.4 Å². The number of hydrogen-bond donors (Lipinski definition) is 2. The SMILES string of the molecule is O=C(Nc1ccc(O)cc1F)c1csc(I)c1. The first-order chi connectivity index (χ1) is 8.06. The predicted molar refractivity (Wildman–Crippen MR) is 73.1 cm³/mol. The molecule has 0 saturated heterocycles. The third-order valence-electron chi connectivity index (χ3n) is 2.03. The number of anilines is 1. The molecule has 0 unspecified atom stereocenters. The van der Waals surface area contributed by atoms with Crippen molar-refractivity contribution >= 4 is 45.5 Å². The fourth-order valence-corrected chi connectivity index (χ4v) is 2.56. The van der Waals surface area contributed by atoms with Crippen LogP contribution in [0.15, 0.2) is 29.6 Å². The Bertz CT molecular complexity index is 570. The lowest BCUT2D eigenvalue weighted by Gasteiger charge is -2.05. The van der Waals surface area contributed by atoms with Gasteiger partial charge in [0, 0.05) is 11.4 Å². The average Bonchev–Trinajstić information content (AvgIpc) is 2.69. The van der Waals surface area contributed by atoms with Gasteiger partial charge in [-0.3, -0.25) is 4.79 Å². The van der Waals surface area contributed by atoms with Crippen LogP contribution in [0.3, 0.4) is 0 Å². The van der Waals surface area contributed by atoms with Gasteiger partial charge in [-0.2, -0.15) is 0 Å². The Kier molecular flexibility index (Phi) is 3.63. The molecule has 0 atom stereocenters. The van der Waals surface area contributed by atoms with Crippen LogP contribution in [0, 0.1) is 8.70 Å². The number of thiophene rings is 1. The maximum Gasteiger partial charge on any atom is 0.256 e. The molecule has 0 aliphatic rings. The second kappa shape index (κ2) is 5.01. The van der Waals surface area contributed by atoms with Gasteiger partial charge in [0.2, 0.25) is 0 Å². The van der Waals surface area contributed by atoms with E-state index in [1.165, 1.54) is 23.5 Å². The van der Waals surface area contributed by atoms with Crippen molar-refractivity contribution in [3.05, 3.63) is 43.9 Å². The topological polar surface area (TPSA) is 49.3 Å². The van der Waals surface area contributed by atoms with Crippen molar-refractivity contribution in [1.29, 1.82) is 0 Å². The molecule has 1 amide bonds. The fourth-order valence-electron chi connectivity index (χ4n) is 1.23. The van der Waals surface area contributed by atoms with Crippen LogP contribution in [0.5, 0.6) is 5.75 Å². The van der Waals surface area contributed by atoms with Gasteiger partial charge in [-0.25, -0.2) is 4.39 Å². The van der Waals surface area contributed by atoms with Crippen molar-refractivity contribution in [2.24, 2.45) is 0 Å². The molecule has 0 radical (unpaired) electrons. The lowest BCUT2D eigenvalue weighted by Crippen LogP contribution is -2.11. The molecule has 1 aromatic carbocycles. The highest BCUT2D eigenvalue weighted by Crippen LogP contribution is 2.21. The lowest BCUT2D eigenvalue weighted by atomic mass is 10.2. The second-order valence-electron chi connectivity index (χ2n) is 3.26. The highest BCUT2D eigenvalue weighted by atomic mass is 127. The highest BCUT2D eigenvalue weighted by Gasteiger charge is 2.11. The van der Waals surface area contributed by atoms with Gasteiger partial charge in [0.05, 0.1) is 14.1 Å². The van der Waals surface area contributed by atoms with Crippen LogP contribution in [-0.2, 0) is 0 Å². The Morgan fingerprint density at radius 1 is 1.41 bits per heavy atom. The molecule has 2 N–H and O–H groups in total. The van der Waals surface area contributed by atoms with E-state index in [4.69, 9.17) is 5.11 Å². The van der Waals surface area contributed by atoms with E-state index in [0.717, 1.165) is 8.95 Å². The molecule has 1 aromatic heterocycles. The third-order valence-corrected chi connectivity index (χ3v) is 3.82. The molecular formula is C11H7FINO2S. The zero-order valence-electron chi connectivity index (χ0n) is 8.41. The van der Waals surface area contributed by atoms with E-state index in [1.54, 1.807) is 11.4 Å². The molecule has 0 saturated carbocycles. The first kappa shape index (κ1) is 12.3. The highest BCUT2D eigenvalue weighted by molar-refractivity contribution is 14.1. The number of hydrogen-bond acceptors (Lipinski definition) is 3. The molecule has 88 valence electrons. The standard InChI is InChI=1S/C11H7FINO2S/c12-8-4-7(15)1-2-9(8)14-11(16)6-3-10(13)17-5-6/h1-5,15H,(H,14,16). The van der Waals surface area contributed by atoms with Crippen molar-refractivity contribution < 1.29 is 14.3 Å². The maximum atomic E-state index is 13.4. The summed E-state index contributed by atoms with van der Waals surface area (Å²) in [5, 5.41) is 13.2. The Labute approximate surface area is 114 Å².